The van der Waals surface area contributed by atoms with Gasteiger partial charge in [0.05, 0.1) is 16.5 Å². The van der Waals surface area contributed by atoms with Crippen molar-refractivity contribution in [1.29, 1.82) is 0 Å². The van der Waals surface area contributed by atoms with Crippen molar-refractivity contribution in [3.05, 3.63) is 20.8 Å². The van der Waals surface area contributed by atoms with Crippen LogP contribution < -0.4 is 0 Å². The minimum atomic E-state index is -0.208. The summed E-state index contributed by atoms with van der Waals surface area (Å²) in [6.45, 7) is 3.18. The molecule has 1 fully saturated rings. The molecule has 0 saturated carbocycles. The second-order valence-electron chi connectivity index (χ2n) is 4.65. The van der Waals surface area contributed by atoms with E-state index in [1.54, 1.807) is 11.3 Å². The summed E-state index contributed by atoms with van der Waals surface area (Å²) in [4.78, 5) is 2.25. The van der Waals surface area contributed by atoms with E-state index in [4.69, 9.17) is 4.74 Å². The second kappa shape index (κ2) is 6.29. The topological polar surface area (TPSA) is 32.7 Å². The quantitative estimate of drug-likeness (QED) is 0.924. The van der Waals surface area contributed by atoms with Crippen LogP contribution in [0.15, 0.2) is 15.2 Å². The molecular formula is C12H18BrNO2S. The Kier molecular flexibility index (Phi) is 4.99. The van der Waals surface area contributed by atoms with E-state index in [9.17, 15) is 5.11 Å². The zero-order valence-electron chi connectivity index (χ0n) is 9.93. The van der Waals surface area contributed by atoms with Gasteiger partial charge in [-0.25, -0.2) is 0 Å². The summed E-state index contributed by atoms with van der Waals surface area (Å²) in [6, 6.07) is 2.15. The second-order valence-corrected chi connectivity index (χ2v) is 6.94. The summed E-state index contributed by atoms with van der Waals surface area (Å²) in [5.41, 5.74) is 1.32. The van der Waals surface area contributed by atoms with Crippen LogP contribution in [0.25, 0.3) is 0 Å². The van der Waals surface area contributed by atoms with Crippen molar-refractivity contribution in [2.75, 3.05) is 26.8 Å². The fraction of sp³-hybridized carbons (Fsp3) is 0.667. The summed E-state index contributed by atoms with van der Waals surface area (Å²) in [5.74, 6) is 0.246. The maximum atomic E-state index is 9.88. The Labute approximate surface area is 115 Å². The molecule has 1 saturated heterocycles. The minimum Gasteiger partial charge on any atom is -0.393 e. The molecule has 1 N–H and O–H groups in total. The molecule has 17 heavy (non-hydrogen) atoms. The molecule has 2 rings (SSSR count). The molecule has 1 aromatic heterocycles. The summed E-state index contributed by atoms with van der Waals surface area (Å²) < 4.78 is 6.58. The molecule has 0 aliphatic carbocycles. The van der Waals surface area contributed by atoms with Crippen LogP contribution >= 0.6 is 27.3 Å². The lowest BCUT2D eigenvalue weighted by molar-refractivity contribution is -0.0451. The highest BCUT2D eigenvalue weighted by atomic mass is 79.9. The van der Waals surface area contributed by atoms with Crippen molar-refractivity contribution in [2.45, 2.75) is 19.1 Å². The van der Waals surface area contributed by atoms with Crippen LogP contribution in [-0.4, -0.2) is 42.9 Å². The summed E-state index contributed by atoms with van der Waals surface area (Å²) >= 11 is 5.18. The van der Waals surface area contributed by atoms with Crippen LogP contribution in [0.5, 0.6) is 0 Å². The number of halogens is 1. The first-order chi connectivity index (χ1) is 8.15. The number of aliphatic hydroxyl groups excluding tert-OH is 1. The third kappa shape index (κ3) is 4.03. The standard InChI is InChI=1S/C12H18BrNO2S/c1-14(5-9-4-12(13)17-8-9)6-10-7-16-3-2-11(10)15/h4,8,10-11,15H,2-3,5-7H2,1H3. The maximum absolute atomic E-state index is 9.88. The molecule has 3 nitrogen and oxygen atoms in total. The molecule has 2 unspecified atom stereocenters. The van der Waals surface area contributed by atoms with Gasteiger partial charge in [0.1, 0.15) is 0 Å². The van der Waals surface area contributed by atoms with Crippen LogP contribution in [-0.2, 0) is 11.3 Å². The van der Waals surface area contributed by atoms with E-state index in [2.05, 4.69) is 39.3 Å². The van der Waals surface area contributed by atoms with Crippen molar-refractivity contribution >= 4 is 27.3 Å². The molecule has 1 aliphatic rings. The number of hydrogen-bond donors (Lipinski definition) is 1. The third-order valence-electron chi connectivity index (χ3n) is 3.05. The predicted molar refractivity (Wildman–Crippen MR) is 73.3 cm³/mol. The molecule has 0 amide bonds. The Bertz CT molecular complexity index is 358. The van der Waals surface area contributed by atoms with Gasteiger partial charge < -0.3 is 14.7 Å². The largest absolute Gasteiger partial charge is 0.393 e. The van der Waals surface area contributed by atoms with Crippen LogP contribution in [0.1, 0.15) is 12.0 Å². The molecule has 2 atom stereocenters. The minimum absolute atomic E-state index is 0.208. The van der Waals surface area contributed by atoms with Crippen LogP contribution in [0, 0.1) is 5.92 Å². The molecule has 0 spiro atoms. The molecule has 1 aliphatic heterocycles. The summed E-state index contributed by atoms with van der Waals surface area (Å²) in [6.07, 6.45) is 0.558. The maximum Gasteiger partial charge on any atom is 0.0701 e. The van der Waals surface area contributed by atoms with Gasteiger partial charge in [0.25, 0.3) is 0 Å². The Hall–Kier alpha value is 0.0600. The van der Waals surface area contributed by atoms with Crippen molar-refractivity contribution in [1.82, 2.24) is 4.90 Å². The third-order valence-corrected chi connectivity index (χ3v) is 4.61. The van der Waals surface area contributed by atoms with Gasteiger partial charge in [-0.05, 0) is 46.4 Å². The van der Waals surface area contributed by atoms with Crippen molar-refractivity contribution in [2.24, 2.45) is 5.92 Å². The predicted octanol–water partition coefficient (Wildman–Crippen LogP) is 2.34. The molecule has 5 heteroatoms. The van der Waals surface area contributed by atoms with Gasteiger partial charge in [-0.1, -0.05) is 0 Å². The van der Waals surface area contributed by atoms with E-state index in [1.165, 1.54) is 9.35 Å². The lowest BCUT2D eigenvalue weighted by Gasteiger charge is -2.31. The fourth-order valence-electron chi connectivity index (χ4n) is 2.17. The number of hydrogen-bond acceptors (Lipinski definition) is 4. The number of ether oxygens (including phenoxy) is 1. The molecule has 0 radical (unpaired) electrons. The number of rotatable bonds is 4. The Balaban J connectivity index is 1.82. The lowest BCUT2D eigenvalue weighted by Crippen LogP contribution is -2.39. The molecule has 0 bridgehead atoms. The Morgan fingerprint density at radius 2 is 2.47 bits per heavy atom. The smallest absolute Gasteiger partial charge is 0.0701 e. The Morgan fingerprint density at radius 1 is 1.65 bits per heavy atom. The van der Waals surface area contributed by atoms with Crippen molar-refractivity contribution in [3.63, 3.8) is 0 Å². The highest BCUT2D eigenvalue weighted by Gasteiger charge is 2.24. The van der Waals surface area contributed by atoms with Gasteiger partial charge >= 0.3 is 0 Å². The van der Waals surface area contributed by atoms with E-state index in [-0.39, 0.29) is 12.0 Å². The van der Waals surface area contributed by atoms with Gasteiger partial charge in [0, 0.05) is 25.6 Å². The van der Waals surface area contributed by atoms with Crippen LogP contribution in [0.4, 0.5) is 0 Å². The summed E-state index contributed by atoms with van der Waals surface area (Å²) in [7, 11) is 2.09. The van der Waals surface area contributed by atoms with Crippen LogP contribution in [0.2, 0.25) is 0 Å². The SMILES string of the molecule is CN(Cc1csc(Br)c1)CC1COCCC1O. The number of thiophene rings is 1. The number of aliphatic hydroxyl groups is 1. The number of nitrogens with zero attached hydrogens (tertiary/aromatic N) is 1. The highest BCUT2D eigenvalue weighted by Crippen LogP contribution is 2.22. The van der Waals surface area contributed by atoms with Crippen molar-refractivity contribution in [3.8, 4) is 0 Å². The Morgan fingerprint density at radius 3 is 3.12 bits per heavy atom. The first-order valence-electron chi connectivity index (χ1n) is 5.82. The zero-order chi connectivity index (χ0) is 12.3. The normalized spacial score (nSPS) is 25.4. The van der Waals surface area contributed by atoms with E-state index in [0.29, 0.717) is 13.2 Å². The van der Waals surface area contributed by atoms with E-state index in [1.807, 2.05) is 0 Å². The van der Waals surface area contributed by atoms with E-state index >= 15 is 0 Å². The zero-order valence-corrected chi connectivity index (χ0v) is 12.3. The van der Waals surface area contributed by atoms with Crippen LogP contribution in [0.3, 0.4) is 0 Å². The van der Waals surface area contributed by atoms with E-state index in [0.717, 1.165) is 19.5 Å². The average Bonchev–Trinajstić information content (AvgIpc) is 2.67. The lowest BCUT2D eigenvalue weighted by atomic mass is 9.98. The first-order valence-corrected chi connectivity index (χ1v) is 7.49. The average molecular weight is 320 g/mol. The highest BCUT2D eigenvalue weighted by molar-refractivity contribution is 9.11. The molecule has 96 valence electrons. The van der Waals surface area contributed by atoms with Crippen molar-refractivity contribution < 1.29 is 9.84 Å². The monoisotopic (exact) mass is 319 g/mol. The molecule has 0 aromatic carbocycles. The molecule has 1 aromatic rings. The van der Waals surface area contributed by atoms with Gasteiger partial charge in [-0.2, -0.15) is 0 Å². The first kappa shape index (κ1) is 13.5. The van der Waals surface area contributed by atoms with Gasteiger partial charge in [0.2, 0.25) is 0 Å². The summed E-state index contributed by atoms with van der Waals surface area (Å²) in [5, 5.41) is 12.0. The van der Waals surface area contributed by atoms with Gasteiger partial charge in [-0.15, -0.1) is 11.3 Å². The molecular weight excluding hydrogens is 302 g/mol. The fourth-order valence-corrected chi connectivity index (χ4v) is 3.37. The van der Waals surface area contributed by atoms with Gasteiger partial charge in [-0.3, -0.25) is 0 Å². The molecule has 2 heterocycles. The van der Waals surface area contributed by atoms with E-state index < -0.39 is 0 Å². The van der Waals surface area contributed by atoms with Gasteiger partial charge in [0.15, 0.2) is 0 Å².